The first-order valence-corrected chi connectivity index (χ1v) is 12.4. The SMILES string of the molecule is C.CC(=O)c1ccc(C)c(N(CC(=O)NCCCC(C)C)CC(=O)N(C)N2Cc3ccccc3C2)c1. The standard InChI is InChI=1S/C28H38N4O3.CH4/c1-20(2)9-8-14-29-27(34)18-31(26-15-23(22(4)33)13-12-21(26)3)19-28(35)30(5)32-16-24-10-6-7-11-25(24)17-32;/h6-7,10-13,15,20H,8-9,14,16-19H2,1-5H3,(H,29,34);1H4. The van der Waals surface area contributed by atoms with E-state index >= 15 is 0 Å². The van der Waals surface area contributed by atoms with Crippen LogP contribution in [0.15, 0.2) is 42.5 Å². The van der Waals surface area contributed by atoms with E-state index in [1.54, 1.807) is 29.1 Å². The number of carbonyl (C=O) groups is 3. The molecule has 0 unspecified atom stereocenters. The number of amides is 2. The van der Waals surface area contributed by atoms with Gasteiger partial charge in [-0.2, -0.15) is 0 Å². The highest BCUT2D eigenvalue weighted by atomic mass is 16.2. The molecule has 0 fully saturated rings. The third kappa shape index (κ3) is 7.65. The molecule has 2 aromatic rings. The van der Waals surface area contributed by atoms with Gasteiger partial charge < -0.3 is 10.2 Å². The highest BCUT2D eigenvalue weighted by Gasteiger charge is 2.27. The molecule has 0 aliphatic carbocycles. The van der Waals surface area contributed by atoms with Gasteiger partial charge >= 0.3 is 0 Å². The number of likely N-dealkylation sites (N-methyl/N-ethyl adjacent to an activating group) is 1. The summed E-state index contributed by atoms with van der Waals surface area (Å²) in [5.41, 5.74) is 4.63. The average Bonchev–Trinajstić information content (AvgIpc) is 3.25. The van der Waals surface area contributed by atoms with Crippen LogP contribution in [0.3, 0.4) is 0 Å². The average molecular weight is 495 g/mol. The lowest BCUT2D eigenvalue weighted by atomic mass is 10.1. The molecule has 0 atom stereocenters. The van der Waals surface area contributed by atoms with Crippen molar-refractivity contribution in [2.24, 2.45) is 5.92 Å². The van der Waals surface area contributed by atoms with Crippen molar-refractivity contribution in [3.05, 3.63) is 64.7 Å². The molecule has 3 rings (SSSR count). The molecule has 2 amide bonds. The molecule has 0 bridgehead atoms. The zero-order valence-corrected chi connectivity index (χ0v) is 21.6. The second-order valence-corrected chi connectivity index (χ2v) is 9.81. The molecule has 1 aliphatic rings. The van der Waals surface area contributed by atoms with Gasteiger partial charge in [0, 0.05) is 37.9 Å². The monoisotopic (exact) mass is 494 g/mol. The summed E-state index contributed by atoms with van der Waals surface area (Å²) in [7, 11) is 1.78. The number of hydrazine groups is 1. The lowest BCUT2D eigenvalue weighted by Gasteiger charge is -2.32. The molecule has 0 saturated heterocycles. The molecule has 7 nitrogen and oxygen atoms in total. The van der Waals surface area contributed by atoms with Crippen LogP contribution in [-0.4, -0.2) is 54.3 Å². The first-order chi connectivity index (χ1) is 16.7. The molecule has 1 aliphatic heterocycles. The smallest absolute Gasteiger partial charge is 0.256 e. The Morgan fingerprint density at radius 3 is 2.25 bits per heavy atom. The first kappa shape index (κ1) is 29.0. The van der Waals surface area contributed by atoms with E-state index in [9.17, 15) is 14.4 Å². The number of anilines is 1. The normalized spacial score (nSPS) is 12.6. The summed E-state index contributed by atoms with van der Waals surface area (Å²) in [6.45, 7) is 9.81. The number of Topliss-reactive ketones (excluding diaryl/α,β-unsaturated/α-hetero) is 1. The number of benzene rings is 2. The van der Waals surface area contributed by atoms with Crippen molar-refractivity contribution in [2.45, 2.75) is 61.1 Å². The topological polar surface area (TPSA) is 73.0 Å². The van der Waals surface area contributed by atoms with Crippen LogP contribution in [0.25, 0.3) is 0 Å². The van der Waals surface area contributed by atoms with Crippen molar-refractivity contribution >= 4 is 23.3 Å². The minimum absolute atomic E-state index is 0. The minimum atomic E-state index is -0.134. The van der Waals surface area contributed by atoms with Crippen molar-refractivity contribution in [1.29, 1.82) is 0 Å². The number of carbonyl (C=O) groups excluding carboxylic acids is 3. The van der Waals surface area contributed by atoms with Gasteiger partial charge in [-0.15, -0.1) is 0 Å². The van der Waals surface area contributed by atoms with E-state index in [1.807, 2.05) is 30.1 Å². The number of aryl methyl sites for hydroxylation is 1. The molecular weight excluding hydrogens is 452 g/mol. The van der Waals surface area contributed by atoms with Crippen LogP contribution in [0.2, 0.25) is 0 Å². The maximum Gasteiger partial charge on any atom is 0.256 e. The zero-order chi connectivity index (χ0) is 25.5. The molecule has 2 aromatic carbocycles. The Kier molecular flexibility index (Phi) is 10.7. The summed E-state index contributed by atoms with van der Waals surface area (Å²) in [5, 5.41) is 6.64. The molecule has 0 aromatic heterocycles. The van der Waals surface area contributed by atoms with Gasteiger partial charge in [-0.25, -0.2) is 5.01 Å². The van der Waals surface area contributed by atoms with Crippen molar-refractivity contribution in [1.82, 2.24) is 15.3 Å². The fraction of sp³-hybridized carbons (Fsp3) is 0.483. The number of ketones is 1. The Labute approximate surface area is 216 Å². The summed E-state index contributed by atoms with van der Waals surface area (Å²) < 4.78 is 0. The predicted octanol–water partition coefficient (Wildman–Crippen LogP) is 4.58. The number of nitrogens with zero attached hydrogens (tertiary/aromatic N) is 3. The number of hydrogen-bond donors (Lipinski definition) is 1. The van der Waals surface area contributed by atoms with Crippen LogP contribution >= 0.6 is 0 Å². The van der Waals surface area contributed by atoms with Crippen LogP contribution in [0.4, 0.5) is 5.69 Å². The molecule has 0 saturated carbocycles. The van der Waals surface area contributed by atoms with Crippen LogP contribution in [0.5, 0.6) is 0 Å². The van der Waals surface area contributed by atoms with E-state index in [2.05, 4.69) is 31.3 Å². The minimum Gasteiger partial charge on any atom is -0.355 e. The first-order valence-electron chi connectivity index (χ1n) is 12.4. The van der Waals surface area contributed by atoms with Crippen molar-refractivity contribution < 1.29 is 14.4 Å². The van der Waals surface area contributed by atoms with Crippen molar-refractivity contribution in [2.75, 3.05) is 31.6 Å². The lowest BCUT2D eigenvalue weighted by molar-refractivity contribution is -0.145. The highest BCUT2D eigenvalue weighted by molar-refractivity contribution is 5.96. The van der Waals surface area contributed by atoms with Gasteiger partial charge in [-0.05, 0) is 55.4 Å². The summed E-state index contributed by atoms with van der Waals surface area (Å²) in [6, 6.07) is 13.6. The summed E-state index contributed by atoms with van der Waals surface area (Å²) in [5.74, 6) is 0.288. The Morgan fingerprint density at radius 1 is 1.03 bits per heavy atom. The second-order valence-electron chi connectivity index (χ2n) is 9.81. The van der Waals surface area contributed by atoms with Gasteiger partial charge in [0.15, 0.2) is 5.78 Å². The summed E-state index contributed by atoms with van der Waals surface area (Å²) in [4.78, 5) is 40.0. The fourth-order valence-electron chi connectivity index (χ4n) is 4.31. The van der Waals surface area contributed by atoms with Gasteiger partial charge in [-0.3, -0.25) is 19.4 Å². The largest absolute Gasteiger partial charge is 0.355 e. The Hall–Kier alpha value is -3.19. The van der Waals surface area contributed by atoms with Crippen LogP contribution in [0, 0.1) is 12.8 Å². The number of rotatable bonds is 11. The number of nitrogens with one attached hydrogen (secondary N) is 1. The van der Waals surface area contributed by atoms with Gasteiger partial charge in [0.25, 0.3) is 5.91 Å². The van der Waals surface area contributed by atoms with E-state index in [0.29, 0.717) is 31.1 Å². The Bertz CT molecular complexity index is 1040. The van der Waals surface area contributed by atoms with E-state index < -0.39 is 0 Å². The van der Waals surface area contributed by atoms with Crippen LogP contribution < -0.4 is 10.2 Å². The molecule has 7 heteroatoms. The maximum atomic E-state index is 13.4. The fourth-order valence-corrected chi connectivity index (χ4v) is 4.31. The maximum absolute atomic E-state index is 13.4. The molecule has 0 radical (unpaired) electrons. The molecule has 196 valence electrons. The Balaban J connectivity index is 0.00000456. The number of fused-ring (bicyclic) bond motifs is 1. The summed E-state index contributed by atoms with van der Waals surface area (Å²) in [6.07, 6.45) is 1.96. The van der Waals surface area contributed by atoms with Gasteiger partial charge in [-0.1, -0.05) is 57.7 Å². The quantitative estimate of drug-likeness (QED) is 0.366. The molecule has 1 N–H and O–H groups in total. The van der Waals surface area contributed by atoms with Crippen molar-refractivity contribution in [3.63, 3.8) is 0 Å². The van der Waals surface area contributed by atoms with E-state index in [-0.39, 0.29) is 38.1 Å². The van der Waals surface area contributed by atoms with E-state index in [0.717, 1.165) is 24.1 Å². The zero-order valence-electron chi connectivity index (χ0n) is 21.6. The number of hydrogen-bond acceptors (Lipinski definition) is 5. The molecule has 0 spiro atoms. The van der Waals surface area contributed by atoms with E-state index in [4.69, 9.17) is 0 Å². The third-order valence-electron chi connectivity index (χ3n) is 6.51. The third-order valence-corrected chi connectivity index (χ3v) is 6.51. The van der Waals surface area contributed by atoms with E-state index in [1.165, 1.54) is 18.1 Å². The molecule has 1 heterocycles. The Morgan fingerprint density at radius 2 is 1.67 bits per heavy atom. The van der Waals surface area contributed by atoms with Crippen molar-refractivity contribution in [3.8, 4) is 0 Å². The highest BCUT2D eigenvalue weighted by Crippen LogP contribution is 2.25. The molecule has 36 heavy (non-hydrogen) atoms. The second kappa shape index (κ2) is 13.2. The predicted molar refractivity (Wildman–Crippen MR) is 146 cm³/mol. The van der Waals surface area contributed by atoms with Crippen LogP contribution in [-0.2, 0) is 22.7 Å². The van der Waals surface area contributed by atoms with Gasteiger partial charge in [0.2, 0.25) is 5.91 Å². The lowest BCUT2D eigenvalue weighted by Crippen LogP contribution is -2.48. The summed E-state index contributed by atoms with van der Waals surface area (Å²) >= 11 is 0. The van der Waals surface area contributed by atoms with Crippen LogP contribution in [0.1, 0.15) is 68.1 Å². The molecular formula is C29H42N4O3. The van der Waals surface area contributed by atoms with Gasteiger partial charge in [0.05, 0.1) is 13.1 Å². The van der Waals surface area contributed by atoms with Gasteiger partial charge in [0.1, 0.15) is 0 Å².